The Morgan fingerprint density at radius 2 is 1.96 bits per heavy atom. The van der Waals surface area contributed by atoms with Crippen LogP contribution in [0, 0.1) is 11.6 Å². The van der Waals surface area contributed by atoms with Crippen LogP contribution in [0.2, 0.25) is 0 Å². The summed E-state index contributed by atoms with van der Waals surface area (Å²) in [6.07, 6.45) is 2.89. The van der Waals surface area contributed by atoms with Gasteiger partial charge in [0.05, 0.1) is 21.3 Å². The van der Waals surface area contributed by atoms with Gasteiger partial charge >= 0.3 is 0 Å². The SMILES string of the molecule is CC(NC(=O)CCCCc1nc2ccccc2s1)c1ccc(F)c(F)c1. The number of carbonyl (C=O) groups is 1. The van der Waals surface area contributed by atoms with Crippen LogP contribution in [0.15, 0.2) is 42.5 Å². The van der Waals surface area contributed by atoms with Crippen LogP contribution < -0.4 is 5.32 Å². The van der Waals surface area contributed by atoms with Gasteiger partial charge in [-0.15, -0.1) is 11.3 Å². The lowest BCUT2D eigenvalue weighted by Crippen LogP contribution is -2.26. The van der Waals surface area contributed by atoms with Crippen LogP contribution in [-0.2, 0) is 11.2 Å². The lowest BCUT2D eigenvalue weighted by Gasteiger charge is -2.14. The Morgan fingerprint density at radius 3 is 2.73 bits per heavy atom. The molecule has 0 aliphatic heterocycles. The largest absolute Gasteiger partial charge is 0.350 e. The van der Waals surface area contributed by atoms with E-state index in [1.54, 1.807) is 18.3 Å². The molecule has 0 spiro atoms. The molecular formula is C20H20F2N2OS. The highest BCUT2D eigenvalue weighted by Crippen LogP contribution is 2.23. The van der Waals surface area contributed by atoms with Crippen molar-refractivity contribution in [1.29, 1.82) is 0 Å². The van der Waals surface area contributed by atoms with E-state index in [1.165, 1.54) is 10.8 Å². The second kappa shape index (κ2) is 8.36. The Labute approximate surface area is 155 Å². The molecule has 1 amide bonds. The highest BCUT2D eigenvalue weighted by Gasteiger charge is 2.12. The molecule has 3 nitrogen and oxygen atoms in total. The molecule has 1 unspecified atom stereocenters. The zero-order valence-electron chi connectivity index (χ0n) is 14.5. The van der Waals surface area contributed by atoms with E-state index < -0.39 is 11.6 Å². The van der Waals surface area contributed by atoms with Crippen LogP contribution in [-0.4, -0.2) is 10.9 Å². The van der Waals surface area contributed by atoms with Crippen molar-refractivity contribution in [2.24, 2.45) is 0 Å². The number of carbonyl (C=O) groups excluding carboxylic acids is 1. The molecule has 0 aliphatic carbocycles. The van der Waals surface area contributed by atoms with Crippen molar-refractivity contribution in [1.82, 2.24) is 10.3 Å². The standard InChI is InChI=1S/C20H20F2N2OS/c1-13(14-10-11-15(21)16(22)12-14)23-19(25)8-4-5-9-20-24-17-6-2-3-7-18(17)26-20/h2-3,6-7,10-13H,4-5,8-9H2,1H3,(H,23,25). The average molecular weight is 374 g/mol. The Balaban J connectivity index is 1.42. The van der Waals surface area contributed by atoms with Crippen molar-refractivity contribution >= 4 is 27.5 Å². The number of nitrogens with one attached hydrogen (secondary N) is 1. The van der Waals surface area contributed by atoms with Gasteiger partial charge in [-0.1, -0.05) is 18.2 Å². The summed E-state index contributed by atoms with van der Waals surface area (Å²) in [4.78, 5) is 16.6. The van der Waals surface area contributed by atoms with E-state index in [0.717, 1.165) is 41.9 Å². The monoisotopic (exact) mass is 374 g/mol. The van der Waals surface area contributed by atoms with E-state index in [9.17, 15) is 13.6 Å². The summed E-state index contributed by atoms with van der Waals surface area (Å²) in [7, 11) is 0. The number of hydrogen-bond donors (Lipinski definition) is 1. The maximum absolute atomic E-state index is 13.3. The number of nitrogens with zero attached hydrogens (tertiary/aromatic N) is 1. The van der Waals surface area contributed by atoms with Crippen molar-refractivity contribution < 1.29 is 13.6 Å². The van der Waals surface area contributed by atoms with Crippen LogP contribution >= 0.6 is 11.3 Å². The Kier molecular flexibility index (Phi) is 5.93. The van der Waals surface area contributed by atoms with Crippen molar-refractivity contribution in [2.75, 3.05) is 0 Å². The molecule has 0 saturated heterocycles. The number of aromatic nitrogens is 1. The molecule has 1 N–H and O–H groups in total. The van der Waals surface area contributed by atoms with E-state index in [-0.39, 0.29) is 11.9 Å². The number of rotatable bonds is 7. The van der Waals surface area contributed by atoms with Gasteiger partial charge in [0.1, 0.15) is 0 Å². The Hall–Kier alpha value is -2.34. The first-order valence-corrected chi connectivity index (χ1v) is 9.43. The van der Waals surface area contributed by atoms with Gasteiger partial charge in [-0.05, 0) is 56.0 Å². The van der Waals surface area contributed by atoms with Crippen LogP contribution in [0.4, 0.5) is 8.78 Å². The number of aryl methyl sites for hydroxylation is 1. The number of benzene rings is 2. The van der Waals surface area contributed by atoms with Crippen molar-refractivity contribution in [2.45, 2.75) is 38.6 Å². The minimum atomic E-state index is -0.903. The summed E-state index contributed by atoms with van der Waals surface area (Å²) >= 11 is 1.69. The quantitative estimate of drug-likeness (QED) is 0.580. The molecule has 3 aromatic rings. The van der Waals surface area contributed by atoms with E-state index >= 15 is 0 Å². The molecule has 0 fully saturated rings. The third-order valence-corrected chi connectivity index (χ3v) is 5.30. The average Bonchev–Trinajstić information content (AvgIpc) is 3.04. The molecule has 136 valence electrons. The normalized spacial score (nSPS) is 12.3. The van der Waals surface area contributed by atoms with Gasteiger partial charge in [0.2, 0.25) is 5.91 Å². The Morgan fingerprint density at radius 1 is 1.15 bits per heavy atom. The van der Waals surface area contributed by atoms with E-state index in [4.69, 9.17) is 0 Å². The third-order valence-electron chi connectivity index (χ3n) is 4.20. The lowest BCUT2D eigenvalue weighted by atomic mass is 10.1. The van der Waals surface area contributed by atoms with Gasteiger partial charge in [0, 0.05) is 6.42 Å². The summed E-state index contributed by atoms with van der Waals surface area (Å²) in [5.74, 6) is -1.88. The summed E-state index contributed by atoms with van der Waals surface area (Å²) < 4.78 is 27.4. The first-order chi connectivity index (χ1) is 12.5. The molecule has 26 heavy (non-hydrogen) atoms. The predicted molar refractivity (Wildman–Crippen MR) is 100 cm³/mol. The van der Waals surface area contributed by atoms with Gasteiger partial charge in [-0.3, -0.25) is 4.79 Å². The summed E-state index contributed by atoms with van der Waals surface area (Å²) in [6, 6.07) is 11.4. The second-order valence-corrected chi connectivity index (χ2v) is 7.36. The van der Waals surface area contributed by atoms with E-state index in [1.807, 2.05) is 18.2 Å². The topological polar surface area (TPSA) is 42.0 Å². The number of unbranched alkanes of at least 4 members (excludes halogenated alkanes) is 1. The van der Waals surface area contributed by atoms with Gasteiger partial charge in [-0.2, -0.15) is 0 Å². The molecule has 1 aromatic heterocycles. The fraction of sp³-hybridized carbons (Fsp3) is 0.300. The van der Waals surface area contributed by atoms with Crippen LogP contribution in [0.25, 0.3) is 10.2 Å². The van der Waals surface area contributed by atoms with E-state index in [0.29, 0.717) is 12.0 Å². The molecule has 0 saturated carbocycles. The number of thiazole rings is 1. The van der Waals surface area contributed by atoms with Crippen LogP contribution in [0.3, 0.4) is 0 Å². The minimum Gasteiger partial charge on any atom is -0.350 e. The Bertz CT molecular complexity index is 877. The van der Waals surface area contributed by atoms with Gasteiger partial charge in [-0.25, -0.2) is 13.8 Å². The molecular weight excluding hydrogens is 354 g/mol. The first kappa shape index (κ1) is 18.5. The maximum atomic E-state index is 13.3. The fourth-order valence-electron chi connectivity index (χ4n) is 2.77. The minimum absolute atomic E-state index is 0.0912. The third kappa shape index (κ3) is 4.64. The number of fused-ring (bicyclic) bond motifs is 1. The molecule has 2 aromatic carbocycles. The molecule has 0 bridgehead atoms. The molecule has 6 heteroatoms. The number of hydrogen-bond acceptors (Lipinski definition) is 3. The van der Waals surface area contributed by atoms with E-state index in [2.05, 4.69) is 16.4 Å². The molecule has 1 heterocycles. The number of para-hydroxylation sites is 1. The summed E-state index contributed by atoms with van der Waals surface area (Å²) in [6.45, 7) is 1.76. The highest BCUT2D eigenvalue weighted by molar-refractivity contribution is 7.18. The molecule has 0 radical (unpaired) electrons. The lowest BCUT2D eigenvalue weighted by molar-refractivity contribution is -0.121. The smallest absolute Gasteiger partial charge is 0.220 e. The number of halogens is 2. The highest BCUT2D eigenvalue weighted by atomic mass is 32.1. The van der Waals surface area contributed by atoms with Crippen LogP contribution in [0.1, 0.15) is 42.8 Å². The van der Waals surface area contributed by atoms with Crippen LogP contribution in [0.5, 0.6) is 0 Å². The van der Waals surface area contributed by atoms with Gasteiger partial charge < -0.3 is 5.32 Å². The summed E-state index contributed by atoms with van der Waals surface area (Å²) in [5, 5.41) is 3.91. The van der Waals surface area contributed by atoms with Crippen molar-refractivity contribution in [3.05, 3.63) is 64.7 Å². The zero-order valence-corrected chi connectivity index (χ0v) is 15.3. The molecule has 0 aliphatic rings. The predicted octanol–water partition coefficient (Wildman–Crippen LogP) is 5.16. The van der Waals surface area contributed by atoms with Gasteiger partial charge in [0.15, 0.2) is 11.6 Å². The summed E-state index contributed by atoms with van der Waals surface area (Å²) in [5.41, 5.74) is 1.57. The van der Waals surface area contributed by atoms with Crippen molar-refractivity contribution in [3.63, 3.8) is 0 Å². The first-order valence-electron chi connectivity index (χ1n) is 8.61. The second-order valence-electron chi connectivity index (χ2n) is 6.25. The van der Waals surface area contributed by atoms with Gasteiger partial charge in [0.25, 0.3) is 0 Å². The number of amides is 1. The fourth-order valence-corrected chi connectivity index (χ4v) is 3.78. The molecule has 1 atom stereocenters. The molecule has 3 rings (SSSR count). The maximum Gasteiger partial charge on any atom is 0.220 e. The zero-order chi connectivity index (χ0) is 18.5. The van der Waals surface area contributed by atoms with Crippen molar-refractivity contribution in [3.8, 4) is 0 Å².